The molecule has 0 amide bonds. The number of hydrogen-bond acceptors (Lipinski definition) is 4. The van der Waals surface area contributed by atoms with E-state index in [1.54, 1.807) is 0 Å². The van der Waals surface area contributed by atoms with Gasteiger partial charge in [0.25, 0.3) is 0 Å². The topological polar surface area (TPSA) is 66.3 Å². The maximum atomic E-state index is 5.52. The Hall–Kier alpha value is -16.2. The Balaban J connectivity index is 0.000000137. The first-order valence-electron chi connectivity index (χ1n) is 42.7. The van der Waals surface area contributed by atoms with Crippen molar-refractivity contribution in [1.29, 1.82) is 0 Å². The third-order valence-corrected chi connectivity index (χ3v) is 26.3. The van der Waals surface area contributed by atoms with Crippen LogP contribution in [0.3, 0.4) is 0 Å². The lowest BCUT2D eigenvalue weighted by Crippen LogP contribution is -2.15. The van der Waals surface area contributed by atoms with Crippen molar-refractivity contribution in [2.75, 3.05) is 0 Å². The molecule has 7 heteroatoms. The maximum Gasteiger partial charge on any atom is 0.161 e. The zero-order valence-electron chi connectivity index (χ0n) is 68.0. The van der Waals surface area contributed by atoms with E-state index < -0.39 is 0 Å². The highest BCUT2D eigenvalue weighted by Gasteiger charge is 2.36. The number of aromatic nitrogens is 7. The van der Waals surface area contributed by atoms with Crippen molar-refractivity contribution in [1.82, 2.24) is 33.6 Å². The summed E-state index contributed by atoms with van der Waals surface area (Å²) in [7, 11) is 0. The van der Waals surface area contributed by atoms with Gasteiger partial charge in [-0.25, -0.2) is 19.9 Å². The molecule has 1 aliphatic rings. The van der Waals surface area contributed by atoms with Crippen LogP contribution in [0.25, 0.3) is 237 Å². The fourth-order valence-electron chi connectivity index (χ4n) is 20.6. The molecule has 124 heavy (non-hydrogen) atoms. The SMILES string of the molecule is CC1(C)c2ccccc2-c2ccc(-c3nc(-c4ccc(-n5c6cc7ccccc7cc6c6c(-c7ccccc7)cccc65)c5ccccc45)nc4ccccc34)cc21.c1ccc(-n2c3ccccc3c3ccc(-c4nc(-c5ccc(-n6c7cc8ccccc8cc7c7c(-c8cccc9ccccc89)cccc76)c6ccccc56)nc5ccccc45)cc32)cc1. The number of para-hydroxylation sites is 4. The van der Waals surface area contributed by atoms with Gasteiger partial charge in [0.15, 0.2) is 11.6 Å². The van der Waals surface area contributed by atoms with E-state index in [9.17, 15) is 0 Å². The Morgan fingerprint density at radius 2 is 0.605 bits per heavy atom. The minimum absolute atomic E-state index is 0.111. The van der Waals surface area contributed by atoms with Crippen molar-refractivity contribution in [3.63, 3.8) is 0 Å². The Morgan fingerprint density at radius 3 is 1.22 bits per heavy atom. The summed E-state index contributed by atoms with van der Waals surface area (Å²) in [5.74, 6) is 1.42. The molecule has 7 nitrogen and oxygen atoms in total. The Bertz CT molecular complexity index is 8780. The van der Waals surface area contributed by atoms with Crippen LogP contribution in [-0.4, -0.2) is 33.6 Å². The van der Waals surface area contributed by atoms with Crippen LogP contribution in [-0.2, 0) is 5.41 Å². The Morgan fingerprint density at radius 1 is 0.202 bits per heavy atom. The van der Waals surface area contributed by atoms with Crippen molar-refractivity contribution in [2.45, 2.75) is 19.3 Å². The molecule has 0 saturated heterocycles. The fourth-order valence-corrected chi connectivity index (χ4v) is 20.6. The number of nitrogens with zero attached hydrogens (tertiary/aromatic N) is 7. The number of fused-ring (bicyclic) bond motifs is 19. The highest BCUT2D eigenvalue weighted by atomic mass is 15.0. The largest absolute Gasteiger partial charge is 0.309 e. The summed E-state index contributed by atoms with van der Waals surface area (Å²) in [6.07, 6.45) is 0. The molecule has 0 spiro atoms. The molecule has 0 N–H and O–H groups in total. The highest BCUT2D eigenvalue weighted by molar-refractivity contribution is 6.23. The first kappa shape index (κ1) is 70.8. The molecule has 5 aromatic heterocycles. The van der Waals surface area contributed by atoms with Crippen molar-refractivity contribution in [2.24, 2.45) is 0 Å². The quantitative estimate of drug-likeness (QED) is 0.144. The Kier molecular flexibility index (Phi) is 15.9. The second kappa shape index (κ2) is 27.9. The normalized spacial score (nSPS) is 12.5. The van der Waals surface area contributed by atoms with Gasteiger partial charge in [-0.15, -0.1) is 0 Å². The van der Waals surface area contributed by atoms with Gasteiger partial charge in [0.1, 0.15) is 0 Å². The molecule has 25 aromatic rings. The van der Waals surface area contributed by atoms with Crippen molar-refractivity contribution < 1.29 is 0 Å². The zero-order valence-corrected chi connectivity index (χ0v) is 68.0. The van der Waals surface area contributed by atoms with E-state index >= 15 is 0 Å². The smallest absolute Gasteiger partial charge is 0.161 e. The standard InChI is InChI=1S/C62H38N4.C55H37N3/c1-2-20-43(21-3-1)65-55-30-13-11-25-48(55)49-33-32-42(38-58(49)65)61-52-26-10-12-29-54(52)63-62(64-61)51-34-35-56(47-24-9-8-23-46(47)51)66-57-31-15-28-50(45-27-14-19-39-16-6-7-22-44(39)45)60(57)53-36-40-17-4-5-18-41(40)37-59(53)66;1-55(2)46-24-12-10-20-40(46)41-28-27-37(32-47(41)55)53-44-22-11-13-25-48(44)56-54(57-53)43-29-30-49(42-21-9-8-19-39(42)43)58-50-26-14-23-38(34-15-4-3-5-16-34)52(50)45-31-35-17-6-7-18-36(35)33-51(45)58/h1-38H;3-33H,1-2H3. The second-order valence-corrected chi connectivity index (χ2v) is 33.4. The van der Waals surface area contributed by atoms with Gasteiger partial charge in [-0.3, -0.25) is 0 Å². The minimum Gasteiger partial charge on any atom is -0.309 e. The summed E-state index contributed by atoms with van der Waals surface area (Å²) in [5, 5.41) is 21.3. The molecule has 26 rings (SSSR count). The van der Waals surface area contributed by atoms with Crippen LogP contribution in [0.5, 0.6) is 0 Å². The van der Waals surface area contributed by atoms with Crippen molar-refractivity contribution >= 4 is 141 Å². The van der Waals surface area contributed by atoms with Crippen LogP contribution < -0.4 is 0 Å². The minimum atomic E-state index is -0.111. The zero-order chi connectivity index (χ0) is 81.8. The van der Waals surface area contributed by atoms with Gasteiger partial charge in [-0.1, -0.05) is 329 Å². The van der Waals surface area contributed by atoms with E-state index in [4.69, 9.17) is 19.9 Å². The van der Waals surface area contributed by atoms with E-state index in [0.717, 1.165) is 111 Å². The van der Waals surface area contributed by atoms with Crippen LogP contribution >= 0.6 is 0 Å². The van der Waals surface area contributed by atoms with Gasteiger partial charge >= 0.3 is 0 Å². The van der Waals surface area contributed by atoms with Crippen molar-refractivity contribution in [3.05, 3.63) is 430 Å². The molecule has 0 aliphatic heterocycles. The molecular formula is C117H75N7. The third kappa shape index (κ3) is 11.0. The van der Waals surface area contributed by atoms with E-state index in [-0.39, 0.29) is 5.41 Å². The summed E-state index contributed by atoms with van der Waals surface area (Å²) in [6.45, 7) is 4.67. The molecule has 0 atom stereocenters. The van der Waals surface area contributed by atoms with Crippen LogP contribution in [0, 0.1) is 0 Å². The predicted octanol–water partition coefficient (Wildman–Crippen LogP) is 30.6. The van der Waals surface area contributed by atoms with Crippen LogP contribution in [0.1, 0.15) is 25.0 Å². The number of hydrogen-bond donors (Lipinski definition) is 0. The van der Waals surface area contributed by atoms with Gasteiger partial charge in [-0.2, -0.15) is 0 Å². The number of benzene rings is 20. The van der Waals surface area contributed by atoms with Crippen LogP contribution in [0.4, 0.5) is 0 Å². The van der Waals surface area contributed by atoms with E-state index in [1.807, 2.05) is 0 Å². The first-order valence-corrected chi connectivity index (χ1v) is 42.7. The summed E-state index contributed by atoms with van der Waals surface area (Å²) in [4.78, 5) is 21.6. The summed E-state index contributed by atoms with van der Waals surface area (Å²) >= 11 is 0. The summed E-state index contributed by atoms with van der Waals surface area (Å²) in [6, 6.07) is 152. The van der Waals surface area contributed by atoms with E-state index in [2.05, 4.69) is 446 Å². The molecule has 0 unspecified atom stereocenters. The molecule has 20 aromatic carbocycles. The number of rotatable bonds is 9. The summed E-state index contributed by atoms with van der Waals surface area (Å²) < 4.78 is 7.31. The van der Waals surface area contributed by atoms with Gasteiger partial charge < -0.3 is 13.7 Å². The average molecular weight is 1580 g/mol. The van der Waals surface area contributed by atoms with Crippen LogP contribution in [0.2, 0.25) is 0 Å². The molecule has 0 saturated carbocycles. The molecule has 0 bridgehead atoms. The van der Waals surface area contributed by atoms with Gasteiger partial charge in [0.2, 0.25) is 0 Å². The van der Waals surface area contributed by atoms with Gasteiger partial charge in [0, 0.05) is 87.2 Å². The Labute approximate surface area is 714 Å². The lowest BCUT2D eigenvalue weighted by atomic mass is 9.82. The van der Waals surface area contributed by atoms with Crippen molar-refractivity contribution in [3.8, 4) is 95.7 Å². The molecule has 0 fully saturated rings. The molecular weight excluding hydrogens is 1500 g/mol. The van der Waals surface area contributed by atoms with E-state index in [1.165, 1.54) is 131 Å². The fraction of sp³-hybridized carbons (Fsp3) is 0.0256. The maximum absolute atomic E-state index is 5.52. The lowest BCUT2D eigenvalue weighted by molar-refractivity contribution is 0.660. The van der Waals surface area contributed by atoms with E-state index in [0.29, 0.717) is 5.82 Å². The van der Waals surface area contributed by atoms with Crippen LogP contribution in [0.15, 0.2) is 419 Å². The molecule has 578 valence electrons. The third-order valence-electron chi connectivity index (χ3n) is 26.3. The van der Waals surface area contributed by atoms with Gasteiger partial charge in [0.05, 0.1) is 66.9 Å². The predicted molar refractivity (Wildman–Crippen MR) is 520 cm³/mol. The van der Waals surface area contributed by atoms with Gasteiger partial charge in [-0.05, 0) is 191 Å². The highest BCUT2D eigenvalue weighted by Crippen LogP contribution is 2.52. The molecule has 5 heterocycles. The molecule has 1 aliphatic carbocycles. The first-order chi connectivity index (χ1) is 61.3. The monoisotopic (exact) mass is 1580 g/mol. The lowest BCUT2D eigenvalue weighted by Gasteiger charge is -2.22. The average Bonchev–Trinajstić information content (AvgIpc) is 1.55. The summed E-state index contributed by atoms with van der Waals surface area (Å²) in [5.41, 5.74) is 28.3. The second-order valence-electron chi connectivity index (χ2n) is 33.4. The molecule has 0 radical (unpaired) electrons.